The molecular weight excluding hydrogens is 439 g/mol. The lowest BCUT2D eigenvalue weighted by molar-refractivity contribution is -0.118. The molecule has 1 aromatic carbocycles. The predicted octanol–water partition coefficient (Wildman–Crippen LogP) is 2.78. The molecule has 1 atom stereocenters. The summed E-state index contributed by atoms with van der Waals surface area (Å²) in [6.07, 6.45) is 7.81. The van der Waals surface area contributed by atoms with Gasteiger partial charge in [-0.3, -0.25) is 28.5 Å². The number of hydrogen-bond donors (Lipinski definition) is 2. The minimum absolute atomic E-state index is 0.0757. The van der Waals surface area contributed by atoms with E-state index in [1.165, 1.54) is 58.4 Å². The lowest BCUT2D eigenvalue weighted by Crippen LogP contribution is -2.42. The number of pyridine rings is 1. The summed E-state index contributed by atoms with van der Waals surface area (Å²) < 4.78 is 17.2. The Balaban J connectivity index is 1.46. The van der Waals surface area contributed by atoms with E-state index < -0.39 is 11.7 Å². The first-order valence-electron chi connectivity index (χ1n) is 11.2. The second-order valence-electron chi connectivity index (χ2n) is 8.51. The molecule has 4 rings (SSSR count). The molecule has 0 bridgehead atoms. The van der Waals surface area contributed by atoms with Crippen LogP contribution in [0, 0.1) is 5.82 Å². The molecule has 2 amide bonds. The van der Waals surface area contributed by atoms with Crippen molar-refractivity contribution >= 4 is 23.2 Å². The van der Waals surface area contributed by atoms with Crippen LogP contribution in [0.2, 0.25) is 0 Å². The van der Waals surface area contributed by atoms with Gasteiger partial charge in [-0.25, -0.2) is 4.39 Å². The van der Waals surface area contributed by atoms with Crippen LogP contribution in [0.5, 0.6) is 0 Å². The van der Waals surface area contributed by atoms with E-state index in [1.807, 2.05) is 0 Å². The Morgan fingerprint density at radius 1 is 1.15 bits per heavy atom. The van der Waals surface area contributed by atoms with Gasteiger partial charge in [0.1, 0.15) is 5.82 Å². The van der Waals surface area contributed by atoms with Gasteiger partial charge in [-0.2, -0.15) is 5.10 Å². The molecule has 178 valence electrons. The quantitative estimate of drug-likeness (QED) is 0.582. The second-order valence-corrected chi connectivity index (χ2v) is 8.51. The number of amides is 2. The zero-order valence-electron chi connectivity index (χ0n) is 19.1. The molecule has 1 unspecified atom stereocenters. The summed E-state index contributed by atoms with van der Waals surface area (Å²) in [4.78, 5) is 39.6. The fourth-order valence-corrected chi connectivity index (χ4v) is 4.03. The van der Waals surface area contributed by atoms with Crippen molar-refractivity contribution in [3.05, 3.63) is 70.7 Å². The van der Waals surface area contributed by atoms with E-state index in [1.54, 1.807) is 13.2 Å². The number of halogens is 1. The van der Waals surface area contributed by atoms with Crippen molar-refractivity contribution in [3.63, 3.8) is 0 Å². The van der Waals surface area contributed by atoms with Gasteiger partial charge in [-0.05, 0) is 50.6 Å². The third-order valence-electron chi connectivity index (χ3n) is 5.93. The Kier molecular flexibility index (Phi) is 6.87. The van der Waals surface area contributed by atoms with Gasteiger partial charge in [0.05, 0.1) is 29.7 Å². The number of aromatic nitrogens is 3. The average molecular weight is 467 g/mol. The maximum atomic E-state index is 14.4. The van der Waals surface area contributed by atoms with E-state index in [0.717, 1.165) is 19.4 Å². The number of rotatable bonds is 6. The van der Waals surface area contributed by atoms with Gasteiger partial charge in [-0.15, -0.1) is 0 Å². The molecule has 34 heavy (non-hydrogen) atoms. The summed E-state index contributed by atoms with van der Waals surface area (Å²) >= 11 is 0. The maximum Gasteiger partial charge on any atom is 0.257 e. The zero-order valence-corrected chi connectivity index (χ0v) is 19.1. The Hall–Kier alpha value is -3.79. The Morgan fingerprint density at radius 3 is 2.71 bits per heavy atom. The zero-order chi connectivity index (χ0) is 24.2. The van der Waals surface area contributed by atoms with Crippen LogP contribution < -0.4 is 16.2 Å². The third kappa shape index (κ3) is 5.40. The number of piperidine rings is 1. The number of carbonyl (C=O) groups is 2. The van der Waals surface area contributed by atoms with Crippen molar-refractivity contribution in [1.82, 2.24) is 19.2 Å². The summed E-state index contributed by atoms with van der Waals surface area (Å²) in [6.45, 7) is 3.24. The first kappa shape index (κ1) is 23.4. The number of anilines is 2. The minimum atomic E-state index is -0.642. The summed E-state index contributed by atoms with van der Waals surface area (Å²) in [5, 5.41) is 9.33. The van der Waals surface area contributed by atoms with Crippen molar-refractivity contribution < 1.29 is 14.0 Å². The number of aryl methyl sites for hydroxylation is 1. The van der Waals surface area contributed by atoms with Gasteiger partial charge in [0.25, 0.3) is 11.5 Å². The van der Waals surface area contributed by atoms with Crippen molar-refractivity contribution in [2.24, 2.45) is 7.05 Å². The highest BCUT2D eigenvalue weighted by atomic mass is 19.1. The lowest BCUT2D eigenvalue weighted by Gasteiger charge is -2.32. The van der Waals surface area contributed by atoms with E-state index in [-0.39, 0.29) is 29.3 Å². The molecule has 3 heterocycles. The molecule has 0 spiro atoms. The smallest absolute Gasteiger partial charge is 0.257 e. The maximum absolute atomic E-state index is 14.4. The van der Waals surface area contributed by atoms with Crippen molar-refractivity contribution in [2.75, 3.05) is 23.7 Å². The van der Waals surface area contributed by atoms with Crippen LogP contribution in [0.15, 0.2) is 53.7 Å². The first-order chi connectivity index (χ1) is 16.3. The SMILES string of the molecule is CC1CCCCN1CC(=O)Nc1ccc(F)c(NC(=O)c2ccc(=O)n(-c3cnn(C)c3)c2)c1. The molecule has 0 saturated carbocycles. The Bertz CT molecular complexity index is 1270. The molecule has 0 aliphatic carbocycles. The van der Waals surface area contributed by atoms with E-state index in [9.17, 15) is 18.8 Å². The summed E-state index contributed by atoms with van der Waals surface area (Å²) in [6, 6.07) is 6.99. The van der Waals surface area contributed by atoms with Crippen molar-refractivity contribution in [1.29, 1.82) is 0 Å². The predicted molar refractivity (Wildman–Crippen MR) is 127 cm³/mol. The molecule has 1 aliphatic rings. The van der Waals surface area contributed by atoms with Crippen LogP contribution in [0.4, 0.5) is 15.8 Å². The number of likely N-dealkylation sites (tertiary alicyclic amines) is 1. The molecule has 2 aromatic heterocycles. The topological polar surface area (TPSA) is 101 Å². The molecule has 1 aliphatic heterocycles. The molecule has 0 radical (unpaired) electrons. The number of benzene rings is 1. The number of carbonyl (C=O) groups excluding carboxylic acids is 2. The van der Waals surface area contributed by atoms with Crippen LogP contribution in [0.1, 0.15) is 36.5 Å². The molecule has 3 aromatic rings. The Labute approximate surface area is 196 Å². The highest BCUT2D eigenvalue weighted by Gasteiger charge is 2.21. The highest BCUT2D eigenvalue weighted by Crippen LogP contribution is 2.21. The second kappa shape index (κ2) is 10.0. The van der Waals surface area contributed by atoms with Crippen LogP contribution in [-0.2, 0) is 11.8 Å². The van der Waals surface area contributed by atoms with Crippen LogP contribution in [0.25, 0.3) is 5.69 Å². The number of hydrogen-bond acceptors (Lipinski definition) is 5. The van der Waals surface area contributed by atoms with Gasteiger partial charge >= 0.3 is 0 Å². The fraction of sp³-hybridized carbons (Fsp3) is 0.333. The molecule has 9 nitrogen and oxygen atoms in total. The number of nitrogens with zero attached hydrogens (tertiary/aromatic N) is 4. The van der Waals surface area contributed by atoms with Crippen molar-refractivity contribution in [2.45, 2.75) is 32.2 Å². The summed E-state index contributed by atoms with van der Waals surface area (Å²) in [5.74, 6) is -1.43. The van der Waals surface area contributed by atoms with E-state index in [2.05, 4.69) is 27.6 Å². The highest BCUT2D eigenvalue weighted by molar-refractivity contribution is 6.04. The molecule has 2 N–H and O–H groups in total. The van der Waals surface area contributed by atoms with Gasteiger partial charge < -0.3 is 10.6 Å². The monoisotopic (exact) mass is 466 g/mol. The molecular formula is C24H27FN6O3. The average Bonchev–Trinajstić information content (AvgIpc) is 3.24. The third-order valence-corrected chi connectivity index (χ3v) is 5.93. The first-order valence-corrected chi connectivity index (χ1v) is 11.2. The van der Waals surface area contributed by atoms with Crippen LogP contribution in [-0.4, -0.2) is 50.2 Å². The minimum Gasteiger partial charge on any atom is -0.325 e. The molecule has 1 saturated heterocycles. The normalized spacial score (nSPS) is 16.3. The lowest BCUT2D eigenvalue weighted by atomic mass is 10.0. The fourth-order valence-electron chi connectivity index (χ4n) is 4.03. The largest absolute Gasteiger partial charge is 0.325 e. The van der Waals surface area contributed by atoms with Crippen molar-refractivity contribution in [3.8, 4) is 5.69 Å². The van der Waals surface area contributed by atoms with Crippen LogP contribution >= 0.6 is 0 Å². The van der Waals surface area contributed by atoms with Gasteiger partial charge in [-0.1, -0.05) is 6.42 Å². The van der Waals surface area contributed by atoms with Crippen LogP contribution in [0.3, 0.4) is 0 Å². The van der Waals surface area contributed by atoms with Gasteiger partial charge in [0.15, 0.2) is 0 Å². The van der Waals surface area contributed by atoms with Gasteiger partial charge in [0.2, 0.25) is 5.91 Å². The summed E-state index contributed by atoms with van der Waals surface area (Å²) in [5.41, 5.74) is 0.640. The van der Waals surface area contributed by atoms with E-state index in [0.29, 0.717) is 17.4 Å². The molecule has 10 heteroatoms. The van der Waals surface area contributed by atoms with Gasteiger partial charge in [0, 0.05) is 37.2 Å². The Morgan fingerprint density at radius 2 is 1.97 bits per heavy atom. The standard InChI is InChI=1S/C24H27FN6O3/c1-16-5-3-4-10-30(16)15-22(32)27-18-7-8-20(25)21(11-18)28-24(34)17-6-9-23(33)31(13-17)19-12-26-29(2)14-19/h6-9,11-14,16H,3-5,10,15H2,1-2H3,(H,27,32)(H,28,34). The summed E-state index contributed by atoms with van der Waals surface area (Å²) in [7, 11) is 1.72. The van der Waals surface area contributed by atoms with E-state index >= 15 is 0 Å². The number of nitrogens with one attached hydrogen (secondary N) is 2. The molecule has 1 fully saturated rings. The van der Waals surface area contributed by atoms with E-state index in [4.69, 9.17) is 0 Å².